The Hall–Kier alpha value is -1.52. The number of hydrogen-bond acceptors (Lipinski definition) is 2. The number of aldehydes is 1. The lowest BCUT2D eigenvalue weighted by Gasteiger charge is -2.32. The summed E-state index contributed by atoms with van der Waals surface area (Å²) in [6.07, 6.45) is 16.6. The van der Waals surface area contributed by atoms with Crippen molar-refractivity contribution >= 4 is 14.1 Å². The topological polar surface area (TPSA) is 94.8 Å². The van der Waals surface area contributed by atoms with Crippen LogP contribution in [0.4, 0.5) is 0 Å². The molecule has 0 aromatic rings. The minimum Gasteiger partial charge on any atom is -0.303 e. The Kier molecular flexibility index (Phi) is 10.6. The van der Waals surface area contributed by atoms with Crippen LogP contribution in [0.25, 0.3) is 0 Å². The van der Waals surface area contributed by atoms with Crippen LogP contribution in [0.5, 0.6) is 0 Å². The van der Waals surface area contributed by atoms with Crippen molar-refractivity contribution in [1.29, 1.82) is 0 Å². The maximum Gasteiger partial charge on any atom is 0.466 e. The van der Waals surface area contributed by atoms with E-state index in [0.29, 0.717) is 0 Å². The van der Waals surface area contributed by atoms with E-state index in [-0.39, 0.29) is 5.41 Å². The van der Waals surface area contributed by atoms with E-state index in [9.17, 15) is 4.79 Å². The molecule has 0 radical (unpaired) electrons. The summed E-state index contributed by atoms with van der Waals surface area (Å²) in [5, 5.41) is 0. The van der Waals surface area contributed by atoms with E-state index in [1.807, 2.05) is 19.1 Å². The third kappa shape index (κ3) is 11.9. The first-order chi connectivity index (χ1) is 11.9. The standard InChI is InChI=1S/C20H28O.H3O4P/c1-16(8-6-9-17(2)13-15-21)11-12-19-18(3)10-7-14-20(19,4)5;1-5(2,3)4/h6,8-9,11-13,15H,7,10,14H2,1-5H3;(H3,1,2,3,4)/b9-6+,12-11+,16-8+,17-13+;. The van der Waals surface area contributed by atoms with Gasteiger partial charge in [0.2, 0.25) is 0 Å². The van der Waals surface area contributed by atoms with Gasteiger partial charge in [-0.3, -0.25) is 4.79 Å². The molecule has 26 heavy (non-hydrogen) atoms. The lowest BCUT2D eigenvalue weighted by atomic mass is 9.72. The molecule has 0 atom stereocenters. The fraction of sp³-hybridized carbons (Fsp3) is 0.450. The molecule has 0 aromatic carbocycles. The predicted molar refractivity (Wildman–Crippen MR) is 106 cm³/mol. The Morgan fingerprint density at radius 1 is 1.08 bits per heavy atom. The number of hydrogen-bond donors (Lipinski definition) is 3. The van der Waals surface area contributed by atoms with Crippen LogP contribution >= 0.6 is 7.82 Å². The molecule has 0 fully saturated rings. The highest BCUT2D eigenvalue weighted by atomic mass is 31.2. The van der Waals surface area contributed by atoms with Crippen molar-refractivity contribution in [3.63, 3.8) is 0 Å². The summed E-state index contributed by atoms with van der Waals surface area (Å²) in [6, 6.07) is 0. The van der Waals surface area contributed by atoms with Crippen LogP contribution in [0.2, 0.25) is 0 Å². The summed E-state index contributed by atoms with van der Waals surface area (Å²) < 4.78 is 8.88. The highest BCUT2D eigenvalue weighted by Gasteiger charge is 2.26. The van der Waals surface area contributed by atoms with Gasteiger partial charge in [-0.15, -0.1) is 0 Å². The monoisotopic (exact) mass is 382 g/mol. The molecule has 5 nitrogen and oxygen atoms in total. The third-order valence-electron chi connectivity index (χ3n) is 4.10. The fourth-order valence-electron chi connectivity index (χ4n) is 2.80. The van der Waals surface area contributed by atoms with Gasteiger partial charge in [0.25, 0.3) is 0 Å². The van der Waals surface area contributed by atoms with Gasteiger partial charge >= 0.3 is 7.82 Å². The third-order valence-corrected chi connectivity index (χ3v) is 4.10. The van der Waals surface area contributed by atoms with Crippen LogP contribution in [0.15, 0.2) is 58.7 Å². The molecule has 0 heterocycles. The average molecular weight is 382 g/mol. The molecule has 0 unspecified atom stereocenters. The summed E-state index contributed by atoms with van der Waals surface area (Å²) in [6.45, 7) is 10.9. The van der Waals surface area contributed by atoms with Gasteiger partial charge in [0.1, 0.15) is 6.29 Å². The number of carbonyl (C=O) groups excluding carboxylic acids is 1. The van der Waals surface area contributed by atoms with Gasteiger partial charge in [0, 0.05) is 0 Å². The molecule has 0 aliphatic heterocycles. The van der Waals surface area contributed by atoms with E-state index in [4.69, 9.17) is 19.2 Å². The van der Waals surface area contributed by atoms with Gasteiger partial charge < -0.3 is 14.7 Å². The molecular weight excluding hydrogens is 351 g/mol. The molecule has 0 saturated heterocycles. The second-order valence-corrected chi connectivity index (χ2v) is 8.12. The Morgan fingerprint density at radius 2 is 1.62 bits per heavy atom. The van der Waals surface area contributed by atoms with E-state index >= 15 is 0 Å². The molecular formula is C20H31O5P. The molecule has 0 amide bonds. The van der Waals surface area contributed by atoms with Crippen LogP contribution in [0.1, 0.15) is 53.9 Å². The van der Waals surface area contributed by atoms with E-state index in [0.717, 1.165) is 11.9 Å². The predicted octanol–water partition coefficient (Wildman–Crippen LogP) is 4.79. The van der Waals surface area contributed by atoms with Gasteiger partial charge in [-0.2, -0.15) is 0 Å². The Bertz CT molecular complexity index is 664. The zero-order valence-corrected chi connectivity index (χ0v) is 17.2. The minimum absolute atomic E-state index is 0.290. The van der Waals surface area contributed by atoms with Gasteiger partial charge in [-0.05, 0) is 62.7 Å². The first kappa shape index (κ1) is 24.5. The summed E-state index contributed by atoms with van der Waals surface area (Å²) >= 11 is 0. The van der Waals surface area contributed by atoms with Crippen molar-refractivity contribution in [2.24, 2.45) is 5.41 Å². The molecule has 0 bridgehead atoms. The van der Waals surface area contributed by atoms with Crippen LogP contribution in [0.3, 0.4) is 0 Å². The Morgan fingerprint density at radius 3 is 2.12 bits per heavy atom. The minimum atomic E-state index is -4.64. The largest absolute Gasteiger partial charge is 0.466 e. The molecule has 1 aliphatic rings. The molecule has 3 N–H and O–H groups in total. The number of rotatable bonds is 5. The second kappa shape index (κ2) is 11.2. The molecule has 0 aromatic heterocycles. The average Bonchev–Trinajstić information content (AvgIpc) is 2.44. The maximum absolute atomic E-state index is 10.3. The highest BCUT2D eigenvalue weighted by Crippen LogP contribution is 2.40. The normalized spacial score (nSPS) is 18.9. The highest BCUT2D eigenvalue weighted by molar-refractivity contribution is 7.45. The van der Waals surface area contributed by atoms with Crippen molar-refractivity contribution in [3.8, 4) is 0 Å². The lowest BCUT2D eigenvalue weighted by Crippen LogP contribution is -2.19. The van der Waals surface area contributed by atoms with Gasteiger partial charge in [-0.25, -0.2) is 4.57 Å². The zero-order chi connectivity index (χ0) is 20.4. The summed E-state index contributed by atoms with van der Waals surface area (Å²) in [7, 11) is -4.64. The van der Waals surface area contributed by atoms with E-state index in [1.165, 1.54) is 36.0 Å². The SMILES string of the molecule is CC1=C(/C=C/C(C)=C/C=C/C(C)=C/C=O)C(C)(C)CCC1.O=P(O)(O)O. The zero-order valence-electron chi connectivity index (χ0n) is 16.3. The molecule has 146 valence electrons. The number of phosphoric acid groups is 1. The Labute approximate surface area is 156 Å². The van der Waals surface area contributed by atoms with Gasteiger partial charge in [0.05, 0.1) is 0 Å². The van der Waals surface area contributed by atoms with Crippen LogP contribution in [0, 0.1) is 5.41 Å². The maximum atomic E-state index is 10.3. The van der Waals surface area contributed by atoms with Gasteiger partial charge in [0.15, 0.2) is 0 Å². The van der Waals surface area contributed by atoms with Crippen molar-refractivity contribution in [3.05, 3.63) is 58.7 Å². The van der Waals surface area contributed by atoms with Crippen molar-refractivity contribution in [1.82, 2.24) is 0 Å². The molecule has 0 spiro atoms. The van der Waals surface area contributed by atoms with Crippen LogP contribution in [-0.4, -0.2) is 21.0 Å². The van der Waals surface area contributed by atoms with Crippen LogP contribution < -0.4 is 0 Å². The summed E-state index contributed by atoms with van der Waals surface area (Å²) in [5.74, 6) is 0. The quantitative estimate of drug-likeness (QED) is 0.275. The van der Waals surface area contributed by atoms with E-state index in [1.54, 1.807) is 6.08 Å². The van der Waals surface area contributed by atoms with E-state index < -0.39 is 7.82 Å². The lowest BCUT2D eigenvalue weighted by molar-refractivity contribution is -0.104. The van der Waals surface area contributed by atoms with Crippen molar-refractivity contribution < 1.29 is 24.0 Å². The summed E-state index contributed by atoms with van der Waals surface area (Å²) in [4.78, 5) is 31.9. The first-order valence-electron chi connectivity index (χ1n) is 8.50. The second-order valence-electron chi connectivity index (χ2n) is 7.09. The number of carbonyl (C=O) groups is 1. The smallest absolute Gasteiger partial charge is 0.303 e. The van der Waals surface area contributed by atoms with Crippen molar-refractivity contribution in [2.45, 2.75) is 53.9 Å². The van der Waals surface area contributed by atoms with Gasteiger partial charge in [-0.1, -0.05) is 55.4 Å². The van der Waals surface area contributed by atoms with Crippen molar-refractivity contribution in [2.75, 3.05) is 0 Å². The molecule has 1 rings (SSSR count). The summed E-state index contributed by atoms with van der Waals surface area (Å²) in [5.41, 5.74) is 5.48. The fourth-order valence-corrected chi connectivity index (χ4v) is 2.80. The molecule has 6 heteroatoms. The van der Waals surface area contributed by atoms with E-state index in [2.05, 4.69) is 45.9 Å². The Balaban J connectivity index is 0.00000110. The number of allylic oxidation sites excluding steroid dienone is 10. The first-order valence-corrected chi connectivity index (χ1v) is 10.1. The molecule has 0 saturated carbocycles. The molecule has 1 aliphatic carbocycles. The van der Waals surface area contributed by atoms with Crippen LogP contribution in [-0.2, 0) is 9.36 Å².